The number of carbonyl (C=O) groups excluding carboxylic acids is 1. The van der Waals surface area contributed by atoms with Crippen LogP contribution in [0.2, 0.25) is 5.02 Å². The molecule has 0 aromatic heterocycles. The molecule has 0 amide bonds. The zero-order chi connectivity index (χ0) is 10.4. The van der Waals surface area contributed by atoms with Crippen LogP contribution < -0.4 is 0 Å². The summed E-state index contributed by atoms with van der Waals surface area (Å²) in [5.74, 6) is -0.0657. The van der Waals surface area contributed by atoms with Gasteiger partial charge in [0.2, 0.25) is 0 Å². The Morgan fingerprint density at radius 3 is 2.79 bits per heavy atom. The standard InChI is InChI=1S/C11H13ClO2/c1-2-7-14-8-11(13)9-5-3-4-6-10(9)12/h3-6H,2,7-8H2,1H3. The van der Waals surface area contributed by atoms with E-state index in [1.807, 2.05) is 6.92 Å². The first-order valence-electron chi connectivity index (χ1n) is 4.61. The highest BCUT2D eigenvalue weighted by molar-refractivity contribution is 6.34. The minimum atomic E-state index is -0.0657. The molecule has 1 aromatic rings. The monoisotopic (exact) mass is 212 g/mol. The number of Topliss-reactive ketones (excluding diaryl/α,β-unsaturated/α-hetero) is 1. The third-order valence-corrected chi connectivity index (χ3v) is 2.09. The third kappa shape index (κ3) is 3.13. The number of rotatable bonds is 5. The molecule has 0 aliphatic carbocycles. The molecule has 0 unspecified atom stereocenters. The fraction of sp³-hybridized carbons (Fsp3) is 0.364. The molecule has 0 saturated heterocycles. The average molecular weight is 213 g/mol. The number of hydrogen-bond donors (Lipinski definition) is 0. The summed E-state index contributed by atoms with van der Waals surface area (Å²) in [6, 6.07) is 7.00. The molecule has 0 saturated carbocycles. The van der Waals surface area contributed by atoms with E-state index >= 15 is 0 Å². The highest BCUT2D eigenvalue weighted by Gasteiger charge is 2.08. The van der Waals surface area contributed by atoms with Gasteiger partial charge in [0, 0.05) is 12.2 Å². The van der Waals surface area contributed by atoms with Gasteiger partial charge in [0.05, 0.1) is 5.02 Å². The number of ether oxygens (including phenoxy) is 1. The molecular formula is C11H13ClO2. The molecule has 0 aliphatic rings. The normalized spacial score (nSPS) is 10.1. The quantitative estimate of drug-likeness (QED) is 0.554. The second-order valence-corrected chi connectivity index (χ2v) is 3.36. The molecular weight excluding hydrogens is 200 g/mol. The molecule has 0 fully saturated rings. The Hall–Kier alpha value is -0.860. The summed E-state index contributed by atoms with van der Waals surface area (Å²) >= 11 is 5.86. The highest BCUT2D eigenvalue weighted by atomic mass is 35.5. The Balaban J connectivity index is 2.56. The van der Waals surface area contributed by atoms with Gasteiger partial charge in [0.25, 0.3) is 0 Å². The lowest BCUT2D eigenvalue weighted by molar-refractivity contribution is 0.0761. The topological polar surface area (TPSA) is 26.3 Å². The van der Waals surface area contributed by atoms with Crippen molar-refractivity contribution < 1.29 is 9.53 Å². The van der Waals surface area contributed by atoms with Gasteiger partial charge in [-0.25, -0.2) is 0 Å². The summed E-state index contributed by atoms with van der Waals surface area (Å²) in [6.07, 6.45) is 0.913. The van der Waals surface area contributed by atoms with E-state index in [0.29, 0.717) is 17.2 Å². The molecule has 0 atom stereocenters. The lowest BCUT2D eigenvalue weighted by atomic mass is 10.1. The molecule has 1 rings (SSSR count). The summed E-state index contributed by atoms with van der Waals surface area (Å²) in [7, 11) is 0. The summed E-state index contributed by atoms with van der Waals surface area (Å²) in [5, 5.41) is 0.484. The van der Waals surface area contributed by atoms with Crippen LogP contribution in [0.1, 0.15) is 23.7 Å². The van der Waals surface area contributed by atoms with Gasteiger partial charge in [-0.05, 0) is 18.6 Å². The zero-order valence-corrected chi connectivity index (χ0v) is 8.88. The Bertz CT molecular complexity index is 310. The molecule has 0 heterocycles. The Morgan fingerprint density at radius 1 is 1.43 bits per heavy atom. The van der Waals surface area contributed by atoms with Crippen molar-refractivity contribution in [2.45, 2.75) is 13.3 Å². The Labute approximate surface area is 88.8 Å². The number of halogens is 1. The van der Waals surface area contributed by atoms with Crippen molar-refractivity contribution in [1.29, 1.82) is 0 Å². The predicted molar refractivity (Wildman–Crippen MR) is 56.9 cm³/mol. The Kier molecular flexibility index (Phi) is 4.63. The van der Waals surface area contributed by atoms with Gasteiger partial charge >= 0.3 is 0 Å². The number of carbonyl (C=O) groups is 1. The predicted octanol–water partition coefficient (Wildman–Crippen LogP) is 2.95. The second kappa shape index (κ2) is 5.78. The van der Waals surface area contributed by atoms with Crippen LogP contribution in [0, 0.1) is 0 Å². The fourth-order valence-electron chi connectivity index (χ4n) is 1.07. The average Bonchev–Trinajstić information content (AvgIpc) is 2.18. The molecule has 1 aromatic carbocycles. The van der Waals surface area contributed by atoms with Crippen LogP contribution >= 0.6 is 11.6 Å². The number of benzene rings is 1. The van der Waals surface area contributed by atoms with Crippen LogP contribution in [0.25, 0.3) is 0 Å². The minimum absolute atomic E-state index is 0.0657. The molecule has 0 bridgehead atoms. The van der Waals surface area contributed by atoms with Gasteiger partial charge in [-0.2, -0.15) is 0 Å². The summed E-state index contributed by atoms with van der Waals surface area (Å²) < 4.78 is 5.15. The largest absolute Gasteiger partial charge is 0.373 e. The van der Waals surface area contributed by atoms with E-state index in [0.717, 1.165) is 6.42 Å². The smallest absolute Gasteiger partial charge is 0.189 e. The van der Waals surface area contributed by atoms with E-state index in [1.54, 1.807) is 24.3 Å². The summed E-state index contributed by atoms with van der Waals surface area (Å²) in [6.45, 7) is 2.72. The number of ketones is 1. The first kappa shape index (κ1) is 11.2. The van der Waals surface area contributed by atoms with E-state index in [1.165, 1.54) is 0 Å². The van der Waals surface area contributed by atoms with Crippen LogP contribution in [0.3, 0.4) is 0 Å². The van der Waals surface area contributed by atoms with Crippen molar-refractivity contribution in [2.75, 3.05) is 13.2 Å². The highest BCUT2D eigenvalue weighted by Crippen LogP contribution is 2.15. The number of hydrogen-bond acceptors (Lipinski definition) is 2. The Morgan fingerprint density at radius 2 is 2.14 bits per heavy atom. The van der Waals surface area contributed by atoms with Gasteiger partial charge < -0.3 is 4.74 Å². The fourth-order valence-corrected chi connectivity index (χ4v) is 1.32. The maximum Gasteiger partial charge on any atom is 0.189 e. The maximum atomic E-state index is 11.5. The molecule has 0 aliphatic heterocycles. The van der Waals surface area contributed by atoms with Crippen molar-refractivity contribution in [1.82, 2.24) is 0 Å². The molecule has 14 heavy (non-hydrogen) atoms. The van der Waals surface area contributed by atoms with Crippen molar-refractivity contribution in [3.63, 3.8) is 0 Å². The molecule has 0 N–H and O–H groups in total. The van der Waals surface area contributed by atoms with Crippen LogP contribution in [-0.2, 0) is 4.74 Å². The minimum Gasteiger partial charge on any atom is -0.373 e. The van der Waals surface area contributed by atoms with Crippen LogP contribution in [-0.4, -0.2) is 19.0 Å². The van der Waals surface area contributed by atoms with E-state index in [4.69, 9.17) is 16.3 Å². The van der Waals surface area contributed by atoms with Crippen LogP contribution in [0.15, 0.2) is 24.3 Å². The van der Waals surface area contributed by atoms with Gasteiger partial charge in [-0.15, -0.1) is 0 Å². The van der Waals surface area contributed by atoms with E-state index in [2.05, 4.69) is 0 Å². The summed E-state index contributed by atoms with van der Waals surface area (Å²) in [5.41, 5.74) is 0.533. The summed E-state index contributed by atoms with van der Waals surface area (Å²) in [4.78, 5) is 11.5. The second-order valence-electron chi connectivity index (χ2n) is 2.96. The van der Waals surface area contributed by atoms with E-state index < -0.39 is 0 Å². The van der Waals surface area contributed by atoms with Gasteiger partial charge in [-0.3, -0.25) is 4.79 Å². The van der Waals surface area contributed by atoms with Gasteiger partial charge in [0.15, 0.2) is 5.78 Å². The molecule has 2 nitrogen and oxygen atoms in total. The first-order chi connectivity index (χ1) is 6.75. The van der Waals surface area contributed by atoms with Crippen LogP contribution in [0.5, 0.6) is 0 Å². The maximum absolute atomic E-state index is 11.5. The molecule has 76 valence electrons. The van der Waals surface area contributed by atoms with Crippen molar-refractivity contribution in [3.05, 3.63) is 34.9 Å². The molecule has 3 heteroatoms. The van der Waals surface area contributed by atoms with Crippen molar-refractivity contribution >= 4 is 17.4 Å². The third-order valence-electron chi connectivity index (χ3n) is 1.76. The lowest BCUT2D eigenvalue weighted by Crippen LogP contribution is -2.09. The van der Waals surface area contributed by atoms with E-state index in [9.17, 15) is 4.79 Å². The van der Waals surface area contributed by atoms with Gasteiger partial charge in [0.1, 0.15) is 6.61 Å². The van der Waals surface area contributed by atoms with Crippen molar-refractivity contribution in [3.8, 4) is 0 Å². The van der Waals surface area contributed by atoms with E-state index in [-0.39, 0.29) is 12.4 Å². The lowest BCUT2D eigenvalue weighted by Gasteiger charge is -2.03. The SMILES string of the molecule is CCCOCC(=O)c1ccccc1Cl. The van der Waals surface area contributed by atoms with Crippen molar-refractivity contribution in [2.24, 2.45) is 0 Å². The van der Waals surface area contributed by atoms with Gasteiger partial charge in [-0.1, -0.05) is 30.7 Å². The first-order valence-corrected chi connectivity index (χ1v) is 4.99. The zero-order valence-electron chi connectivity index (χ0n) is 8.13. The molecule has 0 spiro atoms. The van der Waals surface area contributed by atoms with Crippen LogP contribution in [0.4, 0.5) is 0 Å². The molecule has 0 radical (unpaired) electrons.